The van der Waals surface area contributed by atoms with Crippen LogP contribution < -0.4 is 10.6 Å². The molecule has 0 radical (unpaired) electrons. The molecule has 3 atom stereocenters. The van der Waals surface area contributed by atoms with Crippen LogP contribution in [0.1, 0.15) is 38.3 Å². The molecule has 0 amide bonds. The van der Waals surface area contributed by atoms with Crippen LogP contribution in [0.15, 0.2) is 72.0 Å². The average Bonchev–Trinajstić information content (AvgIpc) is 2.76. The summed E-state index contributed by atoms with van der Waals surface area (Å²) in [5, 5.41) is 35.9. The number of hydrogen-bond acceptors (Lipinski definition) is 7. The summed E-state index contributed by atoms with van der Waals surface area (Å²) in [6.07, 6.45) is 8.53. The number of aliphatic hydroxyl groups excluding tert-OH is 2. The lowest BCUT2D eigenvalue weighted by atomic mass is 9.84. The maximum absolute atomic E-state index is 11.2. The van der Waals surface area contributed by atoms with Crippen LogP contribution in [0, 0.1) is 5.92 Å². The van der Waals surface area contributed by atoms with Gasteiger partial charge in [-0.15, -0.1) is 0 Å². The zero-order chi connectivity index (χ0) is 25.1. The van der Waals surface area contributed by atoms with Crippen LogP contribution in [-0.4, -0.2) is 52.3 Å². The number of benzene rings is 1. The van der Waals surface area contributed by atoms with Crippen molar-refractivity contribution in [3.63, 3.8) is 0 Å². The van der Waals surface area contributed by atoms with Gasteiger partial charge in [0.05, 0.1) is 12.0 Å². The summed E-state index contributed by atoms with van der Waals surface area (Å²) < 4.78 is 5.52. The topological polar surface area (TPSA) is 123 Å². The smallest absolute Gasteiger partial charge is 0.307 e. The summed E-state index contributed by atoms with van der Waals surface area (Å²) in [5.74, 6) is -1.12. The third-order valence-electron chi connectivity index (χ3n) is 4.98. The van der Waals surface area contributed by atoms with Crippen molar-refractivity contribution in [2.75, 3.05) is 6.54 Å². The lowest BCUT2D eigenvalue weighted by Gasteiger charge is -2.28. The molecule has 3 unspecified atom stereocenters. The summed E-state index contributed by atoms with van der Waals surface area (Å²) in [6.45, 7) is 9.40. The van der Waals surface area contributed by atoms with Gasteiger partial charge in [0.2, 0.25) is 6.41 Å². The number of hydrogen-bond donors (Lipinski definition) is 5. The Balaban J connectivity index is 2.24. The van der Waals surface area contributed by atoms with Crippen LogP contribution in [0.25, 0.3) is 5.57 Å². The SMILES string of the molecule is C=C/N=C\C=C\NC(O)C1C=CC(CNC(O)OC(C)(C)C)=C(c2cccc(CC(=O)O)c2)C1. The molecule has 0 spiro atoms. The van der Waals surface area contributed by atoms with E-state index in [0.29, 0.717) is 18.5 Å². The fourth-order valence-electron chi connectivity index (χ4n) is 3.51. The van der Waals surface area contributed by atoms with Gasteiger partial charge in [-0.05, 0) is 55.5 Å². The molecule has 2 rings (SSSR count). The number of carbonyl (C=O) groups is 1. The quantitative estimate of drug-likeness (QED) is 0.236. The predicted molar refractivity (Wildman–Crippen MR) is 134 cm³/mol. The van der Waals surface area contributed by atoms with Crippen molar-refractivity contribution in [1.29, 1.82) is 0 Å². The van der Waals surface area contributed by atoms with Crippen LogP contribution >= 0.6 is 0 Å². The van der Waals surface area contributed by atoms with E-state index in [1.807, 2.05) is 51.1 Å². The molecule has 34 heavy (non-hydrogen) atoms. The molecule has 8 heteroatoms. The van der Waals surface area contributed by atoms with Crippen LogP contribution in [0.5, 0.6) is 0 Å². The number of rotatable bonds is 12. The van der Waals surface area contributed by atoms with Gasteiger partial charge in [-0.3, -0.25) is 15.1 Å². The minimum absolute atomic E-state index is 0.0760. The second-order valence-corrected chi connectivity index (χ2v) is 8.92. The van der Waals surface area contributed by atoms with E-state index in [4.69, 9.17) is 4.74 Å². The van der Waals surface area contributed by atoms with Crippen molar-refractivity contribution in [3.8, 4) is 0 Å². The number of nitrogens with zero attached hydrogens (tertiary/aromatic N) is 1. The highest BCUT2D eigenvalue weighted by Gasteiger charge is 2.24. The first-order valence-corrected chi connectivity index (χ1v) is 11.1. The Bertz CT molecular complexity index is 959. The summed E-state index contributed by atoms with van der Waals surface area (Å²) in [5.41, 5.74) is 2.92. The minimum Gasteiger partial charge on any atom is -0.481 e. The lowest BCUT2D eigenvalue weighted by molar-refractivity contribution is -0.180. The molecule has 0 heterocycles. The molecule has 0 fully saturated rings. The Kier molecular flexibility index (Phi) is 10.4. The second kappa shape index (κ2) is 13.0. The van der Waals surface area contributed by atoms with Crippen LogP contribution in [0.2, 0.25) is 0 Å². The number of aliphatic carboxylic acids is 1. The Hall–Kier alpha value is -3.04. The molecule has 0 saturated carbocycles. The Morgan fingerprint density at radius 3 is 2.79 bits per heavy atom. The molecule has 0 saturated heterocycles. The molecular formula is C26H35N3O5. The first kappa shape index (κ1) is 27.2. The van der Waals surface area contributed by atoms with E-state index < -0.39 is 24.2 Å². The zero-order valence-electron chi connectivity index (χ0n) is 19.9. The first-order chi connectivity index (χ1) is 16.1. The second-order valence-electron chi connectivity index (χ2n) is 8.92. The highest BCUT2D eigenvalue weighted by Crippen LogP contribution is 2.33. The minimum atomic E-state index is -1.15. The maximum Gasteiger partial charge on any atom is 0.307 e. The molecular weight excluding hydrogens is 434 g/mol. The summed E-state index contributed by atoms with van der Waals surface area (Å²) in [7, 11) is 0. The van der Waals surface area contributed by atoms with Gasteiger partial charge < -0.3 is 25.4 Å². The number of allylic oxidation sites excluding steroid dienone is 2. The zero-order valence-corrected chi connectivity index (χ0v) is 19.9. The maximum atomic E-state index is 11.2. The van der Waals surface area contributed by atoms with Crippen molar-refractivity contribution in [2.24, 2.45) is 10.9 Å². The van der Waals surface area contributed by atoms with Crippen molar-refractivity contribution in [3.05, 3.63) is 78.2 Å². The van der Waals surface area contributed by atoms with Gasteiger partial charge in [0.1, 0.15) is 6.23 Å². The number of aliphatic imine (C=N–C) groups is 1. The Morgan fingerprint density at radius 2 is 2.12 bits per heavy atom. The first-order valence-electron chi connectivity index (χ1n) is 11.1. The normalized spacial score (nSPS) is 18.4. The van der Waals surface area contributed by atoms with Crippen LogP contribution in [0.3, 0.4) is 0 Å². The van der Waals surface area contributed by atoms with Crippen LogP contribution in [-0.2, 0) is 16.0 Å². The van der Waals surface area contributed by atoms with Crippen molar-refractivity contribution < 1.29 is 24.9 Å². The third-order valence-corrected chi connectivity index (χ3v) is 4.98. The van der Waals surface area contributed by atoms with Crippen molar-refractivity contribution in [2.45, 2.75) is 51.9 Å². The van der Waals surface area contributed by atoms with E-state index in [-0.39, 0.29) is 12.3 Å². The van der Waals surface area contributed by atoms with Gasteiger partial charge in [-0.25, -0.2) is 0 Å². The van der Waals surface area contributed by atoms with Gasteiger partial charge >= 0.3 is 5.97 Å². The highest BCUT2D eigenvalue weighted by atomic mass is 16.6. The fraction of sp³-hybridized carbons (Fsp3) is 0.385. The average molecular weight is 470 g/mol. The molecule has 1 aromatic carbocycles. The molecule has 0 aliphatic heterocycles. The Labute approximate surface area is 201 Å². The molecule has 1 aromatic rings. The van der Waals surface area contributed by atoms with Crippen molar-refractivity contribution in [1.82, 2.24) is 10.6 Å². The molecule has 1 aliphatic rings. The molecule has 5 N–H and O–H groups in total. The third kappa shape index (κ3) is 9.44. The van der Waals surface area contributed by atoms with E-state index in [1.54, 1.807) is 24.6 Å². The van der Waals surface area contributed by atoms with E-state index >= 15 is 0 Å². The summed E-state index contributed by atoms with van der Waals surface area (Å²) in [6, 6.07) is 7.38. The van der Waals surface area contributed by atoms with E-state index in [9.17, 15) is 20.1 Å². The van der Waals surface area contributed by atoms with Crippen LogP contribution in [0.4, 0.5) is 0 Å². The molecule has 0 bridgehead atoms. The van der Waals surface area contributed by atoms with Gasteiger partial charge in [0.15, 0.2) is 0 Å². The number of carboxylic acid groups (broad SMARTS) is 1. The molecule has 184 valence electrons. The molecule has 1 aliphatic carbocycles. The number of nitrogens with one attached hydrogen (secondary N) is 2. The van der Waals surface area contributed by atoms with Gasteiger partial charge in [-0.2, -0.15) is 0 Å². The molecule has 8 nitrogen and oxygen atoms in total. The fourth-order valence-corrected chi connectivity index (χ4v) is 3.51. The standard InChI is InChI=1S/C26H35N3O5/c1-5-27-12-7-13-28-24(32)20-10-11-21(17-29-25(33)34-26(2,3)4)22(16-20)19-9-6-8-18(14-19)15-23(30)31/h5-14,20,24-25,28-29,32-33H,1,15-17H2,2-4H3,(H,30,31)/b13-7+,27-12-. The predicted octanol–water partition coefficient (Wildman–Crippen LogP) is 2.96. The highest BCUT2D eigenvalue weighted by molar-refractivity contribution is 5.75. The number of ether oxygens (including phenoxy) is 1. The Morgan fingerprint density at radius 1 is 1.35 bits per heavy atom. The molecule has 0 aromatic heterocycles. The van der Waals surface area contributed by atoms with Gasteiger partial charge in [0, 0.05) is 31.1 Å². The monoisotopic (exact) mass is 469 g/mol. The van der Waals surface area contributed by atoms with Gasteiger partial charge in [-0.1, -0.05) is 43.0 Å². The lowest BCUT2D eigenvalue weighted by Crippen LogP contribution is -2.39. The largest absolute Gasteiger partial charge is 0.481 e. The summed E-state index contributed by atoms with van der Waals surface area (Å²) in [4.78, 5) is 15.0. The van der Waals surface area contributed by atoms with E-state index in [1.165, 1.54) is 6.20 Å². The number of carboxylic acids is 1. The van der Waals surface area contributed by atoms with Crippen molar-refractivity contribution >= 4 is 17.8 Å². The summed E-state index contributed by atoms with van der Waals surface area (Å²) >= 11 is 0. The van der Waals surface area contributed by atoms with E-state index in [0.717, 1.165) is 16.7 Å². The van der Waals surface area contributed by atoms with E-state index in [2.05, 4.69) is 22.2 Å². The van der Waals surface area contributed by atoms with Gasteiger partial charge in [0.25, 0.3) is 0 Å². The number of aliphatic hydroxyl groups is 2.